The maximum absolute atomic E-state index is 13.7. The Hall–Kier alpha value is -4.20. The van der Waals surface area contributed by atoms with Gasteiger partial charge in [0.05, 0.1) is 18.3 Å². The number of carbonyl (C=O) groups is 1. The molecule has 33 heavy (non-hydrogen) atoms. The number of halogens is 1. The zero-order chi connectivity index (χ0) is 22.8. The van der Waals surface area contributed by atoms with E-state index in [4.69, 9.17) is 4.98 Å². The zero-order valence-electron chi connectivity index (χ0n) is 17.6. The number of nitrogens with zero attached hydrogens (tertiary/aromatic N) is 5. The molecule has 1 aliphatic heterocycles. The van der Waals surface area contributed by atoms with E-state index >= 15 is 0 Å². The predicted molar refractivity (Wildman–Crippen MR) is 121 cm³/mol. The van der Waals surface area contributed by atoms with Gasteiger partial charge in [0, 0.05) is 48.5 Å². The number of hydrogen-bond donors (Lipinski definition) is 0. The second-order valence-corrected chi connectivity index (χ2v) is 7.81. The number of Topliss-reactive ketones (excluding diaryl/α,β-unsaturated/α-hetero) is 1. The lowest BCUT2D eigenvalue weighted by Crippen LogP contribution is -2.43. The molecule has 0 aliphatic carbocycles. The van der Waals surface area contributed by atoms with Gasteiger partial charge in [0.1, 0.15) is 5.82 Å². The van der Waals surface area contributed by atoms with Crippen LogP contribution in [0.2, 0.25) is 0 Å². The van der Waals surface area contributed by atoms with E-state index in [2.05, 4.69) is 9.97 Å². The summed E-state index contributed by atoms with van der Waals surface area (Å²) in [6, 6.07) is 14.3. The highest BCUT2D eigenvalue weighted by Crippen LogP contribution is 2.34. The molecule has 0 N–H and O–H groups in total. The van der Waals surface area contributed by atoms with Crippen LogP contribution in [0.3, 0.4) is 0 Å². The standard InChI is InChI=1S/C25H20FN5O2/c26-20-3-1-2-19(14-20)23(32)16-31-22(18-6-11-28-12-7-18)8-13-30-24(33)15-21(29-25(30)31)17-4-9-27-10-5-17/h1-7,9-12,14-15,22H,8,13,16H2. The Balaban J connectivity index is 1.61. The Bertz CT molecular complexity index is 1360. The molecule has 0 bridgehead atoms. The van der Waals surface area contributed by atoms with E-state index in [0.29, 0.717) is 24.6 Å². The first-order chi connectivity index (χ1) is 16.1. The predicted octanol–water partition coefficient (Wildman–Crippen LogP) is 3.67. The largest absolute Gasteiger partial charge is 0.327 e. The van der Waals surface area contributed by atoms with Crippen LogP contribution in [0.4, 0.5) is 10.3 Å². The van der Waals surface area contributed by atoms with Crippen LogP contribution in [-0.4, -0.2) is 31.8 Å². The normalized spacial score (nSPS) is 15.2. The first-order valence-corrected chi connectivity index (χ1v) is 10.6. The molecule has 0 saturated heterocycles. The number of pyridine rings is 2. The molecule has 1 atom stereocenters. The number of fused-ring (bicyclic) bond motifs is 1. The molecule has 0 spiro atoms. The van der Waals surface area contributed by atoms with Gasteiger partial charge < -0.3 is 4.90 Å². The Morgan fingerprint density at radius 1 is 1.00 bits per heavy atom. The zero-order valence-corrected chi connectivity index (χ0v) is 17.6. The van der Waals surface area contributed by atoms with Crippen molar-refractivity contribution in [1.82, 2.24) is 19.5 Å². The topological polar surface area (TPSA) is 81.0 Å². The average Bonchev–Trinajstić information content (AvgIpc) is 2.85. The van der Waals surface area contributed by atoms with Gasteiger partial charge in [-0.05, 0) is 48.4 Å². The summed E-state index contributed by atoms with van der Waals surface area (Å²) in [6.07, 6.45) is 7.29. The fourth-order valence-electron chi connectivity index (χ4n) is 4.16. The average molecular weight is 441 g/mol. The first-order valence-electron chi connectivity index (χ1n) is 10.6. The molecule has 4 heterocycles. The van der Waals surface area contributed by atoms with Crippen molar-refractivity contribution in [3.63, 3.8) is 0 Å². The third-order valence-electron chi connectivity index (χ3n) is 5.77. The number of hydrogen-bond acceptors (Lipinski definition) is 6. The van der Waals surface area contributed by atoms with E-state index in [9.17, 15) is 14.0 Å². The van der Waals surface area contributed by atoms with E-state index in [-0.39, 0.29) is 29.5 Å². The minimum Gasteiger partial charge on any atom is -0.327 e. The van der Waals surface area contributed by atoms with Crippen molar-refractivity contribution in [1.29, 1.82) is 0 Å². The summed E-state index contributed by atoms with van der Waals surface area (Å²) in [5, 5.41) is 0. The van der Waals surface area contributed by atoms with Crippen LogP contribution < -0.4 is 10.5 Å². The number of aromatic nitrogens is 4. The highest BCUT2D eigenvalue weighted by molar-refractivity contribution is 5.99. The van der Waals surface area contributed by atoms with Crippen molar-refractivity contribution in [2.75, 3.05) is 11.4 Å². The second kappa shape index (κ2) is 8.74. The number of benzene rings is 1. The summed E-state index contributed by atoms with van der Waals surface area (Å²) in [5.41, 5.74) is 2.31. The smallest absolute Gasteiger partial charge is 0.255 e. The Kier molecular flexibility index (Phi) is 5.48. The fraction of sp³-hybridized carbons (Fsp3) is 0.160. The van der Waals surface area contributed by atoms with Crippen molar-refractivity contribution in [3.05, 3.63) is 107 Å². The quantitative estimate of drug-likeness (QED) is 0.440. The van der Waals surface area contributed by atoms with Crippen LogP contribution in [0, 0.1) is 5.82 Å². The Morgan fingerprint density at radius 3 is 2.45 bits per heavy atom. The lowest BCUT2D eigenvalue weighted by atomic mass is 10.00. The van der Waals surface area contributed by atoms with Crippen LogP contribution in [0.15, 0.2) is 84.2 Å². The molecule has 4 aromatic rings. The van der Waals surface area contributed by atoms with Gasteiger partial charge in [-0.15, -0.1) is 0 Å². The monoisotopic (exact) mass is 441 g/mol. The third-order valence-corrected chi connectivity index (χ3v) is 5.77. The van der Waals surface area contributed by atoms with E-state index in [0.717, 1.165) is 11.1 Å². The molecule has 5 rings (SSSR count). The molecule has 7 nitrogen and oxygen atoms in total. The van der Waals surface area contributed by atoms with Crippen LogP contribution in [0.1, 0.15) is 28.4 Å². The minimum atomic E-state index is -0.472. The van der Waals surface area contributed by atoms with Gasteiger partial charge in [-0.2, -0.15) is 0 Å². The van der Waals surface area contributed by atoms with Crippen LogP contribution in [-0.2, 0) is 6.54 Å². The van der Waals surface area contributed by atoms with Crippen molar-refractivity contribution >= 4 is 11.7 Å². The van der Waals surface area contributed by atoms with Crippen molar-refractivity contribution in [2.24, 2.45) is 0 Å². The summed E-state index contributed by atoms with van der Waals surface area (Å²) in [6.45, 7) is 0.415. The molecule has 0 fully saturated rings. The number of ketones is 1. The summed E-state index contributed by atoms with van der Waals surface area (Å²) >= 11 is 0. The van der Waals surface area contributed by atoms with Gasteiger partial charge in [-0.1, -0.05) is 12.1 Å². The Labute approximate surface area is 189 Å². The van der Waals surface area contributed by atoms with E-state index in [1.807, 2.05) is 17.0 Å². The van der Waals surface area contributed by atoms with E-state index in [1.54, 1.807) is 47.6 Å². The highest BCUT2D eigenvalue weighted by atomic mass is 19.1. The molecule has 0 amide bonds. The van der Waals surface area contributed by atoms with Crippen LogP contribution in [0.5, 0.6) is 0 Å². The molecule has 164 valence electrons. The summed E-state index contributed by atoms with van der Waals surface area (Å²) in [4.78, 5) is 40.9. The van der Waals surface area contributed by atoms with Crippen LogP contribution in [0.25, 0.3) is 11.3 Å². The number of anilines is 1. The maximum Gasteiger partial charge on any atom is 0.255 e. The summed E-state index contributed by atoms with van der Waals surface area (Å²) in [7, 11) is 0. The van der Waals surface area contributed by atoms with Crippen LogP contribution >= 0.6 is 0 Å². The minimum absolute atomic E-state index is 0.0529. The lowest BCUT2D eigenvalue weighted by Gasteiger charge is -2.38. The van der Waals surface area contributed by atoms with Crippen molar-refractivity contribution < 1.29 is 9.18 Å². The molecular formula is C25H20FN5O2. The van der Waals surface area contributed by atoms with E-state index < -0.39 is 5.82 Å². The van der Waals surface area contributed by atoms with Gasteiger partial charge in [-0.25, -0.2) is 9.37 Å². The maximum atomic E-state index is 13.7. The van der Waals surface area contributed by atoms with Gasteiger partial charge in [-0.3, -0.25) is 24.1 Å². The van der Waals surface area contributed by atoms with Gasteiger partial charge in [0.2, 0.25) is 5.95 Å². The number of carbonyl (C=O) groups excluding carboxylic acids is 1. The summed E-state index contributed by atoms with van der Waals surface area (Å²) < 4.78 is 15.3. The molecule has 0 radical (unpaired) electrons. The van der Waals surface area contributed by atoms with Gasteiger partial charge in [0.25, 0.3) is 5.56 Å². The third kappa shape index (κ3) is 4.15. The summed E-state index contributed by atoms with van der Waals surface area (Å²) in [5.74, 6) is -0.322. The molecule has 1 unspecified atom stereocenters. The molecular weight excluding hydrogens is 421 g/mol. The SMILES string of the molecule is O=C(CN1c2nc(-c3ccncc3)cc(=O)n2CCC1c1ccncc1)c1cccc(F)c1. The Morgan fingerprint density at radius 2 is 1.73 bits per heavy atom. The highest BCUT2D eigenvalue weighted by Gasteiger charge is 2.31. The molecule has 1 aliphatic rings. The van der Waals surface area contributed by atoms with Crippen molar-refractivity contribution in [2.45, 2.75) is 19.0 Å². The van der Waals surface area contributed by atoms with Crippen molar-refractivity contribution in [3.8, 4) is 11.3 Å². The molecule has 0 saturated carbocycles. The number of rotatable bonds is 5. The van der Waals surface area contributed by atoms with Gasteiger partial charge in [0.15, 0.2) is 5.78 Å². The van der Waals surface area contributed by atoms with E-state index in [1.165, 1.54) is 24.3 Å². The first kappa shape index (κ1) is 20.7. The lowest BCUT2D eigenvalue weighted by molar-refractivity contribution is 0.0994. The molecule has 8 heteroatoms. The molecule has 1 aromatic carbocycles. The fourth-order valence-corrected chi connectivity index (χ4v) is 4.16. The molecule has 3 aromatic heterocycles. The second-order valence-electron chi connectivity index (χ2n) is 7.81. The van der Waals surface area contributed by atoms with Gasteiger partial charge >= 0.3 is 0 Å².